The first kappa shape index (κ1) is 12.3. The number of benzene rings is 1. The minimum absolute atomic E-state index is 0.103. The van der Waals surface area contributed by atoms with E-state index < -0.39 is 0 Å². The van der Waals surface area contributed by atoms with Gasteiger partial charge in [-0.2, -0.15) is 4.98 Å². The van der Waals surface area contributed by atoms with Crippen LogP contribution in [0.3, 0.4) is 0 Å². The van der Waals surface area contributed by atoms with Gasteiger partial charge in [0.05, 0.1) is 11.6 Å². The van der Waals surface area contributed by atoms with Crippen molar-refractivity contribution in [1.82, 2.24) is 10.1 Å². The molecule has 0 amide bonds. The molecule has 6 heteroatoms. The first-order valence-electron chi connectivity index (χ1n) is 5.70. The van der Waals surface area contributed by atoms with E-state index in [1.165, 1.54) is 0 Å². The lowest BCUT2D eigenvalue weighted by Gasteiger charge is -2.02. The van der Waals surface area contributed by atoms with Gasteiger partial charge >= 0.3 is 0 Å². The summed E-state index contributed by atoms with van der Waals surface area (Å²) in [5.41, 5.74) is 6.92. The zero-order valence-electron chi connectivity index (χ0n) is 9.44. The highest BCUT2D eigenvalue weighted by molar-refractivity contribution is 9.11. The van der Waals surface area contributed by atoms with E-state index in [4.69, 9.17) is 10.3 Å². The van der Waals surface area contributed by atoms with E-state index in [9.17, 15) is 0 Å². The van der Waals surface area contributed by atoms with Crippen molar-refractivity contribution in [2.45, 2.75) is 18.9 Å². The van der Waals surface area contributed by atoms with Crippen LogP contribution in [0.5, 0.6) is 0 Å². The van der Waals surface area contributed by atoms with Crippen LogP contribution in [0.2, 0.25) is 0 Å². The van der Waals surface area contributed by atoms with Crippen LogP contribution in [0.4, 0.5) is 0 Å². The SMILES string of the molecule is NC(c1noc(-c2cc(Br)ccc2Br)n1)C1CC1. The maximum absolute atomic E-state index is 6.05. The normalized spacial score (nSPS) is 16.8. The highest BCUT2D eigenvalue weighted by atomic mass is 79.9. The Morgan fingerprint density at radius 1 is 1.33 bits per heavy atom. The van der Waals surface area contributed by atoms with E-state index >= 15 is 0 Å². The highest BCUT2D eigenvalue weighted by Crippen LogP contribution is 2.39. The fraction of sp³-hybridized carbons (Fsp3) is 0.333. The van der Waals surface area contributed by atoms with Gasteiger partial charge in [-0.05, 0) is 52.9 Å². The summed E-state index contributed by atoms with van der Waals surface area (Å²) in [6, 6.07) is 5.71. The second-order valence-corrected chi connectivity index (χ2v) is 6.22. The van der Waals surface area contributed by atoms with Gasteiger partial charge in [-0.25, -0.2) is 0 Å². The molecular formula is C12H11Br2N3O. The fourth-order valence-corrected chi connectivity index (χ4v) is 2.58. The summed E-state index contributed by atoms with van der Waals surface area (Å²) in [6.07, 6.45) is 2.32. The molecule has 0 spiro atoms. The molecule has 0 aliphatic heterocycles. The molecule has 0 saturated heterocycles. The maximum atomic E-state index is 6.05. The number of halogens is 2. The summed E-state index contributed by atoms with van der Waals surface area (Å²) in [5.74, 6) is 1.61. The Kier molecular flexibility index (Phi) is 3.25. The summed E-state index contributed by atoms with van der Waals surface area (Å²) in [4.78, 5) is 4.39. The van der Waals surface area contributed by atoms with Gasteiger partial charge < -0.3 is 10.3 Å². The predicted octanol–water partition coefficient (Wildman–Crippen LogP) is 3.67. The molecule has 1 aliphatic rings. The minimum atomic E-state index is -0.103. The van der Waals surface area contributed by atoms with Crippen LogP contribution < -0.4 is 5.73 Å². The Balaban J connectivity index is 1.94. The Bertz CT molecular complexity index is 580. The van der Waals surface area contributed by atoms with Crippen LogP contribution in [0.1, 0.15) is 24.7 Å². The van der Waals surface area contributed by atoms with Gasteiger partial charge in [-0.3, -0.25) is 0 Å². The number of aromatic nitrogens is 2. The van der Waals surface area contributed by atoms with E-state index in [1.54, 1.807) is 0 Å². The zero-order valence-corrected chi connectivity index (χ0v) is 12.6. The second kappa shape index (κ2) is 4.75. The van der Waals surface area contributed by atoms with Gasteiger partial charge in [0.15, 0.2) is 5.82 Å². The molecule has 1 aliphatic carbocycles. The molecule has 1 heterocycles. The Morgan fingerprint density at radius 3 is 2.83 bits per heavy atom. The van der Waals surface area contributed by atoms with Crippen LogP contribution in [0, 0.1) is 5.92 Å². The van der Waals surface area contributed by atoms with Crippen LogP contribution in [0.25, 0.3) is 11.5 Å². The quantitative estimate of drug-likeness (QED) is 0.892. The summed E-state index contributed by atoms with van der Waals surface area (Å²) in [6.45, 7) is 0. The molecule has 1 fully saturated rings. The average Bonchev–Trinajstić information content (AvgIpc) is 3.09. The van der Waals surface area contributed by atoms with Crippen molar-refractivity contribution in [3.63, 3.8) is 0 Å². The standard InChI is InChI=1S/C12H11Br2N3O/c13-7-3-4-9(14)8(5-7)12-16-11(17-18-12)10(15)6-1-2-6/h3-6,10H,1-2,15H2. The van der Waals surface area contributed by atoms with Gasteiger partial charge in [-0.1, -0.05) is 21.1 Å². The lowest BCUT2D eigenvalue weighted by Crippen LogP contribution is -2.13. The highest BCUT2D eigenvalue weighted by Gasteiger charge is 2.32. The van der Waals surface area contributed by atoms with E-state index in [2.05, 4.69) is 42.0 Å². The van der Waals surface area contributed by atoms with Gasteiger partial charge in [0, 0.05) is 8.95 Å². The third-order valence-corrected chi connectivity index (χ3v) is 4.21. The van der Waals surface area contributed by atoms with Crippen molar-refractivity contribution in [1.29, 1.82) is 0 Å². The molecule has 1 saturated carbocycles. The molecule has 94 valence electrons. The van der Waals surface area contributed by atoms with E-state index in [0.717, 1.165) is 27.4 Å². The number of hydrogen-bond donors (Lipinski definition) is 1. The second-order valence-electron chi connectivity index (χ2n) is 4.45. The third-order valence-electron chi connectivity index (χ3n) is 3.03. The largest absolute Gasteiger partial charge is 0.334 e. The van der Waals surface area contributed by atoms with E-state index in [-0.39, 0.29) is 6.04 Å². The minimum Gasteiger partial charge on any atom is -0.334 e. The Morgan fingerprint density at radius 2 is 2.11 bits per heavy atom. The first-order valence-corrected chi connectivity index (χ1v) is 7.28. The topological polar surface area (TPSA) is 64.9 Å². The van der Waals surface area contributed by atoms with Gasteiger partial charge in [-0.15, -0.1) is 0 Å². The molecule has 0 bridgehead atoms. The van der Waals surface area contributed by atoms with Crippen molar-refractivity contribution in [2.75, 3.05) is 0 Å². The van der Waals surface area contributed by atoms with Gasteiger partial charge in [0.2, 0.25) is 0 Å². The van der Waals surface area contributed by atoms with Crippen LogP contribution in [-0.4, -0.2) is 10.1 Å². The van der Waals surface area contributed by atoms with Crippen molar-refractivity contribution in [2.24, 2.45) is 11.7 Å². The molecular weight excluding hydrogens is 362 g/mol. The molecule has 18 heavy (non-hydrogen) atoms. The fourth-order valence-electron chi connectivity index (χ4n) is 1.81. The smallest absolute Gasteiger partial charge is 0.259 e. The zero-order chi connectivity index (χ0) is 12.7. The molecule has 2 N–H and O–H groups in total. The molecule has 1 aromatic carbocycles. The molecule has 2 aromatic rings. The summed E-state index contributed by atoms with van der Waals surface area (Å²) in [5, 5.41) is 3.98. The first-order chi connectivity index (χ1) is 8.65. The number of hydrogen-bond acceptors (Lipinski definition) is 4. The number of nitrogens with zero attached hydrogens (tertiary/aromatic N) is 2. The third kappa shape index (κ3) is 2.37. The number of nitrogens with two attached hydrogens (primary N) is 1. The van der Waals surface area contributed by atoms with Crippen LogP contribution >= 0.6 is 31.9 Å². The van der Waals surface area contributed by atoms with E-state index in [0.29, 0.717) is 17.6 Å². The lowest BCUT2D eigenvalue weighted by atomic mass is 10.2. The maximum Gasteiger partial charge on any atom is 0.259 e. The molecule has 1 unspecified atom stereocenters. The van der Waals surface area contributed by atoms with Crippen molar-refractivity contribution < 1.29 is 4.52 Å². The predicted molar refractivity (Wildman–Crippen MR) is 74.8 cm³/mol. The molecule has 0 radical (unpaired) electrons. The summed E-state index contributed by atoms with van der Waals surface area (Å²) in [7, 11) is 0. The number of rotatable bonds is 3. The average molecular weight is 373 g/mol. The summed E-state index contributed by atoms with van der Waals surface area (Å²) >= 11 is 6.90. The van der Waals surface area contributed by atoms with Crippen molar-refractivity contribution in [3.8, 4) is 11.5 Å². The van der Waals surface area contributed by atoms with Gasteiger partial charge in [0.25, 0.3) is 5.89 Å². The van der Waals surface area contributed by atoms with Crippen molar-refractivity contribution >= 4 is 31.9 Å². The Hall–Kier alpha value is -0.720. The molecule has 4 nitrogen and oxygen atoms in total. The van der Waals surface area contributed by atoms with Crippen LogP contribution in [0.15, 0.2) is 31.7 Å². The van der Waals surface area contributed by atoms with Crippen molar-refractivity contribution in [3.05, 3.63) is 33.0 Å². The molecule has 1 atom stereocenters. The molecule has 3 rings (SSSR count). The van der Waals surface area contributed by atoms with E-state index in [1.807, 2.05) is 18.2 Å². The summed E-state index contributed by atoms with van der Waals surface area (Å²) < 4.78 is 7.18. The van der Waals surface area contributed by atoms with Gasteiger partial charge in [0.1, 0.15) is 0 Å². The monoisotopic (exact) mass is 371 g/mol. The Labute approximate surface area is 121 Å². The lowest BCUT2D eigenvalue weighted by molar-refractivity contribution is 0.411. The molecule has 1 aromatic heterocycles. The van der Waals surface area contributed by atoms with Crippen LogP contribution in [-0.2, 0) is 0 Å².